The van der Waals surface area contributed by atoms with Crippen molar-refractivity contribution in [2.75, 3.05) is 0 Å². The van der Waals surface area contributed by atoms with Crippen LogP contribution in [0.5, 0.6) is 0 Å². The summed E-state index contributed by atoms with van der Waals surface area (Å²) in [6.45, 7) is 0. The van der Waals surface area contributed by atoms with Crippen molar-refractivity contribution in [2.24, 2.45) is 0 Å². The zero-order valence-corrected chi connectivity index (χ0v) is 12.7. The Morgan fingerprint density at radius 2 is 2.00 bits per heavy atom. The van der Waals surface area contributed by atoms with E-state index in [2.05, 4.69) is 4.98 Å². The van der Waals surface area contributed by atoms with Gasteiger partial charge in [0.1, 0.15) is 11.2 Å². The van der Waals surface area contributed by atoms with Gasteiger partial charge in [-0.15, -0.1) is 0 Å². The van der Waals surface area contributed by atoms with Crippen molar-refractivity contribution in [3.05, 3.63) is 57.6 Å². The largest absolute Gasteiger partial charge is 0.477 e. The lowest BCUT2D eigenvalue weighted by atomic mass is 10.2. The fourth-order valence-electron chi connectivity index (χ4n) is 2.68. The van der Waals surface area contributed by atoms with E-state index in [1.165, 1.54) is 12.3 Å². The Bertz CT molecular complexity index is 988. The van der Waals surface area contributed by atoms with Crippen LogP contribution in [0.15, 0.2) is 41.6 Å². The predicted molar refractivity (Wildman–Crippen MR) is 85.6 cm³/mol. The van der Waals surface area contributed by atoms with E-state index in [-0.39, 0.29) is 17.0 Å². The molecule has 23 heavy (non-hydrogen) atoms. The molecular formula is C16H12ClN3O3. The SMILES string of the molecule is O=C(O)c1cn(C2CC2)c2nc(-n3cccc3)c(Cl)cc2c1=O. The molecule has 0 unspecified atom stereocenters. The second kappa shape index (κ2) is 4.96. The molecule has 6 nitrogen and oxygen atoms in total. The summed E-state index contributed by atoms with van der Waals surface area (Å²) in [4.78, 5) is 28.3. The van der Waals surface area contributed by atoms with Gasteiger partial charge in [-0.25, -0.2) is 9.78 Å². The normalized spacial score (nSPS) is 14.3. The third kappa shape index (κ3) is 2.22. The number of halogens is 1. The quantitative estimate of drug-likeness (QED) is 0.801. The van der Waals surface area contributed by atoms with Crippen molar-refractivity contribution in [3.8, 4) is 5.82 Å². The minimum atomic E-state index is -1.24. The average molecular weight is 330 g/mol. The average Bonchev–Trinajstić information content (AvgIpc) is 3.21. The highest BCUT2D eigenvalue weighted by molar-refractivity contribution is 6.32. The summed E-state index contributed by atoms with van der Waals surface area (Å²) in [6.07, 6.45) is 6.90. The summed E-state index contributed by atoms with van der Waals surface area (Å²) in [5.41, 5.74) is -0.343. The minimum Gasteiger partial charge on any atom is -0.477 e. The van der Waals surface area contributed by atoms with Crippen molar-refractivity contribution >= 4 is 28.6 Å². The van der Waals surface area contributed by atoms with Crippen molar-refractivity contribution in [1.29, 1.82) is 0 Å². The van der Waals surface area contributed by atoms with Gasteiger partial charge in [0.25, 0.3) is 0 Å². The zero-order valence-electron chi connectivity index (χ0n) is 11.9. The number of hydrogen-bond acceptors (Lipinski definition) is 3. The second-order valence-corrected chi connectivity index (χ2v) is 5.98. The molecule has 116 valence electrons. The number of nitrogens with zero attached hydrogens (tertiary/aromatic N) is 3. The highest BCUT2D eigenvalue weighted by atomic mass is 35.5. The van der Waals surface area contributed by atoms with Gasteiger partial charge in [-0.2, -0.15) is 0 Å². The molecule has 0 bridgehead atoms. The van der Waals surface area contributed by atoms with E-state index < -0.39 is 11.4 Å². The molecular weight excluding hydrogens is 318 g/mol. The standard InChI is InChI=1S/C16H12ClN3O3/c17-12-7-10-13(21)11(16(22)23)8-20(9-3-4-9)14(10)18-15(12)19-5-1-2-6-19/h1-2,5-9H,3-4H2,(H,22,23). The summed E-state index contributed by atoms with van der Waals surface area (Å²) in [5.74, 6) is -0.724. The number of rotatable bonds is 3. The summed E-state index contributed by atoms with van der Waals surface area (Å²) in [5, 5.41) is 9.79. The topological polar surface area (TPSA) is 77.1 Å². The number of carboxylic acids is 1. The van der Waals surface area contributed by atoms with Gasteiger partial charge < -0.3 is 14.2 Å². The molecule has 1 N–H and O–H groups in total. The van der Waals surface area contributed by atoms with Crippen molar-refractivity contribution in [2.45, 2.75) is 18.9 Å². The van der Waals surface area contributed by atoms with Gasteiger partial charge in [-0.05, 0) is 31.0 Å². The van der Waals surface area contributed by atoms with Gasteiger partial charge in [0.05, 0.1) is 10.4 Å². The molecule has 3 aromatic heterocycles. The first-order chi connectivity index (χ1) is 11.1. The molecule has 0 saturated heterocycles. The highest BCUT2D eigenvalue weighted by Gasteiger charge is 2.28. The number of pyridine rings is 2. The number of carbonyl (C=O) groups is 1. The van der Waals surface area contributed by atoms with Crippen LogP contribution in [-0.2, 0) is 0 Å². The molecule has 3 aromatic rings. The Morgan fingerprint density at radius 3 is 2.61 bits per heavy atom. The minimum absolute atomic E-state index is 0.183. The van der Waals surface area contributed by atoms with Gasteiger partial charge in [0, 0.05) is 24.6 Å². The summed E-state index contributed by atoms with van der Waals surface area (Å²) >= 11 is 6.27. The van der Waals surface area contributed by atoms with Crippen LogP contribution in [0.3, 0.4) is 0 Å². The molecule has 1 saturated carbocycles. The van der Waals surface area contributed by atoms with Gasteiger partial charge in [0.2, 0.25) is 5.43 Å². The number of aromatic carboxylic acids is 1. The molecule has 0 spiro atoms. The first kappa shape index (κ1) is 14.0. The van der Waals surface area contributed by atoms with E-state index >= 15 is 0 Å². The molecule has 0 radical (unpaired) electrons. The number of aromatic nitrogens is 3. The Kier molecular flexibility index (Phi) is 3.02. The van der Waals surface area contributed by atoms with E-state index in [4.69, 9.17) is 11.6 Å². The van der Waals surface area contributed by atoms with Crippen LogP contribution in [0.25, 0.3) is 16.9 Å². The first-order valence-corrected chi connectivity index (χ1v) is 7.56. The lowest BCUT2D eigenvalue weighted by Crippen LogP contribution is -2.19. The molecule has 1 fully saturated rings. The Morgan fingerprint density at radius 1 is 1.30 bits per heavy atom. The Labute approximate surface area is 135 Å². The molecule has 7 heteroatoms. The van der Waals surface area contributed by atoms with Gasteiger partial charge >= 0.3 is 5.97 Å². The fraction of sp³-hybridized carbons (Fsp3) is 0.188. The van der Waals surface area contributed by atoms with Crippen LogP contribution in [-0.4, -0.2) is 25.2 Å². The molecule has 3 heterocycles. The smallest absolute Gasteiger partial charge is 0.341 e. The van der Waals surface area contributed by atoms with Crippen LogP contribution in [0, 0.1) is 0 Å². The third-order valence-corrected chi connectivity index (χ3v) is 4.24. The maximum Gasteiger partial charge on any atom is 0.341 e. The lowest BCUT2D eigenvalue weighted by Gasteiger charge is -2.13. The summed E-state index contributed by atoms with van der Waals surface area (Å²) in [7, 11) is 0. The highest BCUT2D eigenvalue weighted by Crippen LogP contribution is 2.37. The summed E-state index contributed by atoms with van der Waals surface area (Å²) in [6, 6.07) is 5.39. The Hall–Kier alpha value is -2.60. The summed E-state index contributed by atoms with van der Waals surface area (Å²) < 4.78 is 3.54. The van der Waals surface area contributed by atoms with E-state index in [1.807, 2.05) is 24.5 Å². The Balaban J connectivity index is 2.08. The predicted octanol–water partition coefficient (Wildman–Crippen LogP) is 2.87. The van der Waals surface area contributed by atoms with E-state index in [0.29, 0.717) is 16.5 Å². The van der Waals surface area contributed by atoms with Crippen LogP contribution in [0.2, 0.25) is 5.02 Å². The van der Waals surface area contributed by atoms with E-state index in [1.54, 1.807) is 9.13 Å². The van der Waals surface area contributed by atoms with E-state index in [9.17, 15) is 14.7 Å². The molecule has 4 rings (SSSR count). The second-order valence-electron chi connectivity index (χ2n) is 5.57. The molecule has 0 aliphatic heterocycles. The monoisotopic (exact) mass is 329 g/mol. The molecule has 0 amide bonds. The van der Waals surface area contributed by atoms with Crippen molar-refractivity contribution in [1.82, 2.24) is 14.1 Å². The van der Waals surface area contributed by atoms with Gasteiger partial charge in [0.15, 0.2) is 5.82 Å². The van der Waals surface area contributed by atoms with Crippen LogP contribution in [0.4, 0.5) is 0 Å². The first-order valence-electron chi connectivity index (χ1n) is 7.18. The van der Waals surface area contributed by atoms with Crippen molar-refractivity contribution in [3.63, 3.8) is 0 Å². The van der Waals surface area contributed by atoms with Crippen LogP contribution >= 0.6 is 11.6 Å². The zero-order chi connectivity index (χ0) is 16.1. The molecule has 0 atom stereocenters. The van der Waals surface area contributed by atoms with Gasteiger partial charge in [-0.1, -0.05) is 11.6 Å². The van der Waals surface area contributed by atoms with Crippen LogP contribution in [0.1, 0.15) is 29.2 Å². The molecule has 1 aliphatic rings. The maximum absolute atomic E-state index is 12.4. The number of hydrogen-bond donors (Lipinski definition) is 1. The van der Waals surface area contributed by atoms with Crippen molar-refractivity contribution < 1.29 is 9.90 Å². The van der Waals surface area contributed by atoms with Gasteiger partial charge in [-0.3, -0.25) is 4.79 Å². The number of fused-ring (bicyclic) bond motifs is 1. The molecule has 1 aliphatic carbocycles. The third-order valence-electron chi connectivity index (χ3n) is 3.96. The van der Waals surface area contributed by atoms with E-state index in [0.717, 1.165) is 12.8 Å². The fourth-order valence-corrected chi connectivity index (χ4v) is 2.93. The maximum atomic E-state index is 12.4. The van der Waals surface area contributed by atoms with Crippen LogP contribution < -0.4 is 5.43 Å². The molecule has 0 aromatic carbocycles. The number of carboxylic acid groups (broad SMARTS) is 1. The lowest BCUT2D eigenvalue weighted by molar-refractivity contribution is 0.0695.